The molecule has 0 aromatic rings. The number of hydrogen-bond donors (Lipinski definition) is 0. The van der Waals surface area contributed by atoms with Gasteiger partial charge in [-0.25, -0.2) is 0 Å². The summed E-state index contributed by atoms with van der Waals surface area (Å²) in [5.41, 5.74) is 0. The van der Waals surface area contributed by atoms with Gasteiger partial charge in [-0.05, 0) is 37.0 Å². The molecule has 0 bridgehead atoms. The molecule has 0 aromatic carbocycles. The molecular formula is C21H48NdO9P3. The Labute approximate surface area is 242 Å². The summed E-state index contributed by atoms with van der Waals surface area (Å²) in [6.07, 6.45) is 10.0. The molecule has 6 unspecified atom stereocenters. The van der Waals surface area contributed by atoms with Crippen molar-refractivity contribution in [1.29, 1.82) is 0 Å². The summed E-state index contributed by atoms with van der Waals surface area (Å²) in [6, 6.07) is 0. The molecule has 0 aliphatic heterocycles. The Morgan fingerprint density at radius 2 is 0.765 bits per heavy atom. The molecule has 0 aliphatic carbocycles. The Balaban J connectivity index is -0.000000196. The van der Waals surface area contributed by atoms with Crippen LogP contribution in [0.2, 0.25) is 0 Å². The van der Waals surface area contributed by atoms with Crippen LogP contribution in [-0.4, -0.2) is 19.8 Å². The van der Waals surface area contributed by atoms with E-state index in [1.807, 2.05) is 20.8 Å². The maximum atomic E-state index is 10.0. The smallest absolute Gasteiger partial charge is 0.781 e. The first-order chi connectivity index (χ1) is 15.5. The fraction of sp³-hybridized carbons (Fsp3) is 1.00. The number of unbranched alkanes of at least 4 members (excludes halogenated alkanes) is 3. The second kappa shape index (κ2) is 32.8. The van der Waals surface area contributed by atoms with Gasteiger partial charge in [0.1, 0.15) is 24.8 Å². The van der Waals surface area contributed by atoms with Gasteiger partial charge in [-0.2, -0.15) is 0 Å². The maximum Gasteiger partial charge on any atom is 3.00 e. The van der Waals surface area contributed by atoms with Crippen molar-refractivity contribution in [3.63, 3.8) is 0 Å². The van der Waals surface area contributed by atoms with Gasteiger partial charge in [-0.1, -0.05) is 80.1 Å². The number of rotatable bonds is 18. The SMILES string of the molecule is CCCCC(C)CO[PH](=O)[O-].CCCCC(C)CO[PH](=O)[O-].CCCCC(C)CO[PH](=O)[O-].[Nd+3]. The predicted octanol–water partition coefficient (Wildman–Crippen LogP) is 4.74. The van der Waals surface area contributed by atoms with Crippen molar-refractivity contribution in [2.45, 2.75) is 99.3 Å². The van der Waals surface area contributed by atoms with Crippen molar-refractivity contribution >= 4 is 24.8 Å². The fourth-order valence-electron chi connectivity index (χ4n) is 2.54. The quantitative estimate of drug-likeness (QED) is 0.187. The van der Waals surface area contributed by atoms with E-state index < -0.39 is 24.8 Å². The topological polar surface area (TPSA) is 148 Å². The molecule has 205 valence electrons. The van der Waals surface area contributed by atoms with E-state index in [0.29, 0.717) is 37.6 Å². The Hall–Kier alpha value is 1.80. The van der Waals surface area contributed by atoms with Gasteiger partial charge in [0.25, 0.3) is 0 Å². The summed E-state index contributed by atoms with van der Waals surface area (Å²) in [7, 11) is -8.86. The summed E-state index contributed by atoms with van der Waals surface area (Å²) in [4.78, 5) is 30.1. The van der Waals surface area contributed by atoms with Crippen LogP contribution in [0.3, 0.4) is 0 Å². The van der Waals surface area contributed by atoms with Gasteiger partial charge >= 0.3 is 40.8 Å². The van der Waals surface area contributed by atoms with E-state index >= 15 is 0 Å². The van der Waals surface area contributed by atoms with E-state index in [1.165, 1.54) is 0 Å². The minimum atomic E-state index is -2.95. The molecule has 1 radical (unpaired) electrons. The third kappa shape index (κ3) is 43.8. The Bertz CT molecular complexity index is 422. The van der Waals surface area contributed by atoms with Crippen LogP contribution >= 0.6 is 24.8 Å². The van der Waals surface area contributed by atoms with Crippen molar-refractivity contribution in [2.75, 3.05) is 19.8 Å². The second-order valence-corrected chi connectivity index (χ2v) is 10.8. The molecule has 0 N–H and O–H groups in total. The van der Waals surface area contributed by atoms with Gasteiger partial charge in [-0.15, -0.1) is 0 Å². The molecule has 0 saturated heterocycles. The Morgan fingerprint density at radius 1 is 0.559 bits per heavy atom. The van der Waals surface area contributed by atoms with E-state index in [1.54, 1.807) is 0 Å². The summed E-state index contributed by atoms with van der Waals surface area (Å²) in [6.45, 7) is 13.4. The minimum absolute atomic E-state index is 0. The molecule has 0 aromatic heterocycles. The molecule has 0 spiro atoms. The van der Waals surface area contributed by atoms with Gasteiger partial charge in [-0.3, -0.25) is 0 Å². The zero-order valence-corrected chi connectivity index (χ0v) is 28.1. The monoisotopic (exact) mass is 679 g/mol. The Kier molecular flexibility index (Phi) is 41.4. The van der Waals surface area contributed by atoms with Gasteiger partial charge in [0, 0.05) is 0 Å². The third-order valence-electron chi connectivity index (χ3n) is 4.61. The van der Waals surface area contributed by atoms with Gasteiger partial charge < -0.3 is 41.9 Å². The molecule has 0 saturated carbocycles. The standard InChI is InChI=1S/3C7H17O3P.Nd/c3*1-3-4-5-7(2)6-10-11(8)9;/h3*7,11H,3-6H2,1-2H3,(H,8,9);/q;;;+3/p-3. The van der Waals surface area contributed by atoms with Crippen molar-refractivity contribution in [3.05, 3.63) is 0 Å². The second-order valence-electron chi connectivity index (χ2n) is 8.43. The molecule has 0 amide bonds. The van der Waals surface area contributed by atoms with E-state index in [0.717, 1.165) is 57.8 Å². The zero-order chi connectivity index (χ0) is 26.1. The third-order valence-corrected chi connectivity index (χ3v) is 5.82. The average Bonchev–Trinajstić information content (AvgIpc) is 2.76. The van der Waals surface area contributed by atoms with Crippen LogP contribution in [0.1, 0.15) is 99.3 Å². The fourth-order valence-corrected chi connectivity index (χ4v) is 3.80. The largest absolute Gasteiger partial charge is 3.00 e. The Morgan fingerprint density at radius 3 is 0.912 bits per heavy atom. The van der Waals surface area contributed by atoms with Crippen molar-refractivity contribution in [3.8, 4) is 0 Å². The summed E-state index contributed by atoms with van der Waals surface area (Å²) >= 11 is 0. The summed E-state index contributed by atoms with van der Waals surface area (Å²) in [5.74, 6) is 1.08. The first-order valence-electron chi connectivity index (χ1n) is 12.0. The molecule has 0 fully saturated rings. The van der Waals surface area contributed by atoms with Crippen LogP contribution in [0, 0.1) is 58.6 Å². The predicted molar refractivity (Wildman–Crippen MR) is 131 cm³/mol. The van der Waals surface area contributed by atoms with Crippen molar-refractivity contribution < 1.29 is 82.8 Å². The zero-order valence-electron chi connectivity index (χ0n) is 21.9. The van der Waals surface area contributed by atoms with E-state index in [-0.39, 0.29) is 40.8 Å². The van der Waals surface area contributed by atoms with Crippen molar-refractivity contribution in [2.24, 2.45) is 17.8 Å². The molecule has 34 heavy (non-hydrogen) atoms. The average molecular weight is 682 g/mol. The van der Waals surface area contributed by atoms with Crippen LogP contribution in [0.25, 0.3) is 0 Å². The normalized spacial score (nSPS) is 15.8. The van der Waals surface area contributed by atoms with Crippen LogP contribution in [0.15, 0.2) is 0 Å². The minimum Gasteiger partial charge on any atom is -0.781 e. The molecule has 9 nitrogen and oxygen atoms in total. The van der Waals surface area contributed by atoms with E-state index in [9.17, 15) is 28.4 Å². The summed E-state index contributed by atoms with van der Waals surface area (Å²) < 4.78 is 43.6. The first-order valence-corrected chi connectivity index (χ1v) is 15.7. The van der Waals surface area contributed by atoms with Crippen LogP contribution in [0.5, 0.6) is 0 Å². The molecule has 0 rings (SSSR count). The summed E-state index contributed by atoms with van der Waals surface area (Å²) in [5, 5.41) is 0. The molecular weight excluding hydrogens is 633 g/mol. The van der Waals surface area contributed by atoms with Crippen LogP contribution in [-0.2, 0) is 27.3 Å². The first kappa shape index (κ1) is 42.9. The van der Waals surface area contributed by atoms with Crippen LogP contribution < -0.4 is 14.7 Å². The van der Waals surface area contributed by atoms with E-state index in [4.69, 9.17) is 0 Å². The molecule has 6 atom stereocenters. The molecule has 13 heteroatoms. The number of hydrogen-bond acceptors (Lipinski definition) is 9. The molecule has 0 aliphatic rings. The van der Waals surface area contributed by atoms with Crippen LogP contribution in [0.4, 0.5) is 0 Å². The van der Waals surface area contributed by atoms with E-state index in [2.05, 4.69) is 34.3 Å². The van der Waals surface area contributed by atoms with Gasteiger partial charge in [0.2, 0.25) is 0 Å². The van der Waals surface area contributed by atoms with Gasteiger partial charge in [0.05, 0.1) is 19.8 Å². The van der Waals surface area contributed by atoms with Gasteiger partial charge in [0.15, 0.2) is 0 Å². The maximum absolute atomic E-state index is 10.0. The van der Waals surface area contributed by atoms with Crippen molar-refractivity contribution in [1.82, 2.24) is 0 Å². The molecule has 0 heterocycles.